The molecule has 1 amide bonds. The van der Waals surface area contributed by atoms with Crippen molar-refractivity contribution in [3.63, 3.8) is 0 Å². The van der Waals surface area contributed by atoms with Crippen molar-refractivity contribution in [2.24, 2.45) is 5.92 Å². The van der Waals surface area contributed by atoms with Crippen LogP contribution in [0.3, 0.4) is 0 Å². The fraction of sp³-hybridized carbons (Fsp3) is 0.375. The quantitative estimate of drug-likeness (QED) is 0.948. The molecule has 3 atom stereocenters. The topological polar surface area (TPSA) is 45.2 Å². The third-order valence-corrected chi connectivity index (χ3v) is 5.51. The minimum atomic E-state index is -0.0735. The highest BCUT2D eigenvalue weighted by molar-refractivity contribution is 7.17. The number of nitrogens with zero attached hydrogens (tertiary/aromatic N) is 2. The number of amides is 1. The van der Waals surface area contributed by atoms with Gasteiger partial charge in [-0.2, -0.15) is 0 Å². The molecular formula is C16H17N3OS. The Morgan fingerprint density at radius 2 is 2.48 bits per heavy atom. The molecular weight excluding hydrogens is 282 g/mol. The maximum Gasteiger partial charge on any atom is 0.271 e. The van der Waals surface area contributed by atoms with Crippen LogP contribution >= 0.6 is 11.3 Å². The van der Waals surface area contributed by atoms with E-state index in [9.17, 15) is 4.79 Å². The molecule has 4 rings (SSSR count). The SMILES string of the molecule is C=Cc1csc2cnc(C(=O)NC3CC4CCN3C4)cc12. The van der Waals surface area contributed by atoms with Crippen molar-refractivity contribution in [1.29, 1.82) is 0 Å². The molecule has 0 aromatic carbocycles. The van der Waals surface area contributed by atoms with Crippen LogP contribution in [-0.4, -0.2) is 35.0 Å². The van der Waals surface area contributed by atoms with Gasteiger partial charge in [0.25, 0.3) is 5.91 Å². The van der Waals surface area contributed by atoms with Gasteiger partial charge in [-0.05, 0) is 35.8 Å². The van der Waals surface area contributed by atoms with Crippen LogP contribution in [-0.2, 0) is 0 Å². The molecule has 4 nitrogen and oxygen atoms in total. The summed E-state index contributed by atoms with van der Waals surface area (Å²) in [5.74, 6) is 0.686. The average Bonchev–Trinajstić information content (AvgIpc) is 3.21. The molecule has 3 unspecified atom stereocenters. The lowest BCUT2D eigenvalue weighted by Crippen LogP contribution is -2.45. The van der Waals surface area contributed by atoms with Gasteiger partial charge in [0.2, 0.25) is 0 Å². The lowest BCUT2D eigenvalue weighted by atomic mass is 10.0. The van der Waals surface area contributed by atoms with Crippen LogP contribution < -0.4 is 5.32 Å². The molecule has 2 bridgehead atoms. The third kappa shape index (κ3) is 2.17. The fourth-order valence-corrected chi connectivity index (χ4v) is 4.31. The van der Waals surface area contributed by atoms with Crippen molar-refractivity contribution in [3.05, 3.63) is 35.5 Å². The molecule has 2 fully saturated rings. The number of piperidine rings is 1. The zero-order valence-corrected chi connectivity index (χ0v) is 12.5. The molecule has 2 saturated heterocycles. The second kappa shape index (κ2) is 4.93. The molecule has 21 heavy (non-hydrogen) atoms. The summed E-state index contributed by atoms with van der Waals surface area (Å²) in [7, 11) is 0. The molecule has 0 aliphatic carbocycles. The number of nitrogens with one attached hydrogen (secondary N) is 1. The molecule has 0 saturated carbocycles. The predicted octanol–water partition coefficient (Wildman–Crippen LogP) is 2.72. The van der Waals surface area contributed by atoms with Crippen LogP contribution in [0.5, 0.6) is 0 Å². The summed E-state index contributed by atoms with van der Waals surface area (Å²) in [5, 5.41) is 6.23. The van der Waals surface area contributed by atoms with Gasteiger partial charge in [0.15, 0.2) is 0 Å². The smallest absolute Gasteiger partial charge is 0.271 e. The van der Waals surface area contributed by atoms with Gasteiger partial charge in [-0.25, -0.2) is 4.98 Å². The number of hydrogen-bond donors (Lipinski definition) is 1. The molecule has 2 aromatic rings. The largest absolute Gasteiger partial charge is 0.335 e. The Morgan fingerprint density at radius 1 is 1.57 bits per heavy atom. The normalized spacial score (nSPS) is 27.1. The van der Waals surface area contributed by atoms with Gasteiger partial charge in [-0.3, -0.25) is 9.69 Å². The van der Waals surface area contributed by atoms with Crippen LogP contribution in [0, 0.1) is 5.92 Å². The van der Waals surface area contributed by atoms with Crippen LogP contribution in [0.2, 0.25) is 0 Å². The highest BCUT2D eigenvalue weighted by Crippen LogP contribution is 2.31. The highest BCUT2D eigenvalue weighted by atomic mass is 32.1. The first-order valence-electron chi connectivity index (χ1n) is 7.29. The number of hydrogen-bond acceptors (Lipinski definition) is 4. The molecule has 5 heteroatoms. The zero-order chi connectivity index (χ0) is 14.4. The first-order chi connectivity index (χ1) is 10.2. The molecule has 1 N–H and O–H groups in total. The number of rotatable bonds is 3. The summed E-state index contributed by atoms with van der Waals surface area (Å²) in [5.41, 5.74) is 1.56. The molecule has 4 heterocycles. The summed E-state index contributed by atoms with van der Waals surface area (Å²) in [6.45, 7) is 6.05. The number of carbonyl (C=O) groups is 1. The summed E-state index contributed by atoms with van der Waals surface area (Å²) in [4.78, 5) is 19.1. The Hall–Kier alpha value is -1.72. The highest BCUT2D eigenvalue weighted by Gasteiger charge is 2.38. The van der Waals surface area contributed by atoms with E-state index in [1.165, 1.54) is 6.42 Å². The third-order valence-electron chi connectivity index (χ3n) is 4.56. The number of fused-ring (bicyclic) bond motifs is 3. The van der Waals surface area contributed by atoms with Crippen molar-refractivity contribution in [2.75, 3.05) is 13.1 Å². The first-order valence-corrected chi connectivity index (χ1v) is 8.17. The number of thiophene rings is 1. The second-order valence-electron chi connectivity index (χ2n) is 5.84. The molecule has 2 aromatic heterocycles. The minimum Gasteiger partial charge on any atom is -0.335 e. The van der Waals surface area contributed by atoms with Crippen molar-refractivity contribution >= 4 is 33.4 Å². The van der Waals surface area contributed by atoms with Crippen LogP contribution in [0.15, 0.2) is 24.2 Å². The zero-order valence-electron chi connectivity index (χ0n) is 11.7. The van der Waals surface area contributed by atoms with Crippen molar-refractivity contribution in [2.45, 2.75) is 19.0 Å². The van der Waals surface area contributed by atoms with Crippen LogP contribution in [0.4, 0.5) is 0 Å². The Labute approximate surface area is 127 Å². The van der Waals surface area contributed by atoms with Gasteiger partial charge in [0.1, 0.15) is 5.69 Å². The van der Waals surface area contributed by atoms with E-state index in [0.29, 0.717) is 5.69 Å². The predicted molar refractivity (Wildman–Crippen MR) is 85.3 cm³/mol. The number of aromatic nitrogens is 1. The van der Waals surface area contributed by atoms with Gasteiger partial charge in [0, 0.05) is 24.7 Å². The Kier molecular flexibility index (Phi) is 3.05. The fourth-order valence-electron chi connectivity index (χ4n) is 3.41. The van der Waals surface area contributed by atoms with Crippen LogP contribution in [0.1, 0.15) is 28.9 Å². The van der Waals surface area contributed by atoms with Crippen LogP contribution in [0.25, 0.3) is 16.2 Å². The van der Waals surface area contributed by atoms with Gasteiger partial charge in [0.05, 0.1) is 10.9 Å². The molecule has 2 aliphatic rings. The van der Waals surface area contributed by atoms with Crippen molar-refractivity contribution in [3.8, 4) is 0 Å². The Bertz CT molecular complexity index is 723. The maximum atomic E-state index is 12.4. The standard InChI is InChI=1S/C16H17N3OS/c1-2-11-9-21-14-7-17-13(6-12(11)14)16(20)18-15-5-10-3-4-19(15)8-10/h2,6-7,9-10,15H,1,3-5,8H2,(H,18,20). The van der Waals surface area contributed by atoms with E-state index in [0.717, 1.165) is 41.1 Å². The summed E-state index contributed by atoms with van der Waals surface area (Å²) in [6.07, 6.45) is 6.14. The molecule has 108 valence electrons. The van der Waals surface area contributed by atoms with E-state index in [1.54, 1.807) is 17.5 Å². The van der Waals surface area contributed by atoms with Crippen molar-refractivity contribution in [1.82, 2.24) is 15.2 Å². The molecule has 0 radical (unpaired) electrons. The van der Waals surface area contributed by atoms with E-state index in [2.05, 4.69) is 21.8 Å². The van der Waals surface area contributed by atoms with Gasteiger partial charge in [-0.15, -0.1) is 11.3 Å². The van der Waals surface area contributed by atoms with E-state index in [1.807, 2.05) is 17.5 Å². The lowest BCUT2D eigenvalue weighted by molar-refractivity contribution is 0.0878. The second-order valence-corrected chi connectivity index (χ2v) is 6.75. The first kappa shape index (κ1) is 13.0. The molecule has 2 aliphatic heterocycles. The Morgan fingerprint density at radius 3 is 3.19 bits per heavy atom. The van der Waals surface area contributed by atoms with Crippen molar-refractivity contribution < 1.29 is 4.79 Å². The Balaban J connectivity index is 1.57. The minimum absolute atomic E-state index is 0.0735. The summed E-state index contributed by atoms with van der Waals surface area (Å²) < 4.78 is 1.09. The summed E-state index contributed by atoms with van der Waals surface area (Å²) >= 11 is 1.63. The molecule has 0 spiro atoms. The average molecular weight is 299 g/mol. The monoisotopic (exact) mass is 299 g/mol. The maximum absolute atomic E-state index is 12.4. The number of pyridine rings is 1. The van der Waals surface area contributed by atoms with E-state index >= 15 is 0 Å². The number of carbonyl (C=O) groups excluding carboxylic acids is 1. The van der Waals surface area contributed by atoms with E-state index in [4.69, 9.17) is 0 Å². The van der Waals surface area contributed by atoms with Gasteiger partial charge >= 0.3 is 0 Å². The van der Waals surface area contributed by atoms with Gasteiger partial charge in [-0.1, -0.05) is 12.7 Å². The van der Waals surface area contributed by atoms with E-state index < -0.39 is 0 Å². The lowest BCUT2D eigenvalue weighted by Gasteiger charge is -2.25. The summed E-state index contributed by atoms with van der Waals surface area (Å²) in [6, 6.07) is 1.88. The van der Waals surface area contributed by atoms with E-state index in [-0.39, 0.29) is 12.1 Å². The van der Waals surface area contributed by atoms with Gasteiger partial charge < -0.3 is 5.32 Å².